The zero-order chi connectivity index (χ0) is 22.7. The van der Waals surface area contributed by atoms with Gasteiger partial charge in [0, 0.05) is 28.3 Å². The van der Waals surface area contributed by atoms with Gasteiger partial charge in [-0.1, -0.05) is 26.7 Å². The van der Waals surface area contributed by atoms with E-state index in [0.29, 0.717) is 17.7 Å². The lowest BCUT2D eigenvalue weighted by Crippen LogP contribution is -2.09. The summed E-state index contributed by atoms with van der Waals surface area (Å²) in [5.41, 5.74) is 3.43. The third kappa shape index (κ3) is 4.46. The monoisotopic (exact) mass is 453 g/mol. The predicted molar refractivity (Wildman–Crippen MR) is 128 cm³/mol. The van der Waals surface area contributed by atoms with Gasteiger partial charge in [-0.25, -0.2) is 14.4 Å². The lowest BCUT2D eigenvalue weighted by atomic mass is 10.0. The van der Waals surface area contributed by atoms with E-state index in [1.165, 1.54) is 12.1 Å². The zero-order valence-electron chi connectivity index (χ0n) is 18.9. The maximum absolute atomic E-state index is 13.7. The van der Waals surface area contributed by atoms with E-state index in [9.17, 15) is 4.39 Å². The Balaban J connectivity index is 1.67. The molecule has 0 aliphatic rings. The van der Waals surface area contributed by atoms with E-state index in [0.717, 1.165) is 57.6 Å². The van der Waals surface area contributed by atoms with E-state index < -0.39 is 0 Å². The molecule has 0 unspecified atom stereocenters. The Kier molecular flexibility index (Phi) is 6.69. The second-order valence-corrected chi connectivity index (χ2v) is 9.11. The number of halogens is 1. The van der Waals surface area contributed by atoms with Crippen LogP contribution in [0.2, 0.25) is 0 Å². The third-order valence-corrected chi connectivity index (χ3v) is 6.54. The van der Waals surface area contributed by atoms with Crippen LogP contribution in [-0.2, 0) is 0 Å². The van der Waals surface area contributed by atoms with Crippen molar-refractivity contribution < 1.29 is 9.13 Å². The number of fused-ring (bicyclic) bond motifs is 1. The van der Waals surface area contributed by atoms with Gasteiger partial charge in [-0.3, -0.25) is 4.68 Å². The molecule has 32 heavy (non-hydrogen) atoms. The van der Waals surface area contributed by atoms with E-state index >= 15 is 0 Å². The van der Waals surface area contributed by atoms with Gasteiger partial charge in [-0.15, -0.1) is 11.3 Å². The van der Waals surface area contributed by atoms with E-state index in [2.05, 4.69) is 29.2 Å². The smallest absolute Gasteiger partial charge is 0.227 e. The summed E-state index contributed by atoms with van der Waals surface area (Å²) in [7, 11) is 1.55. The number of methoxy groups -OCH3 is 1. The number of aryl methyl sites for hydroxylation is 1. The first-order valence-electron chi connectivity index (χ1n) is 10.9. The fourth-order valence-electron chi connectivity index (χ4n) is 4.06. The number of anilines is 2. The summed E-state index contributed by atoms with van der Waals surface area (Å²) in [6.45, 7) is 6.43. The van der Waals surface area contributed by atoms with Crippen molar-refractivity contribution >= 4 is 33.2 Å². The molecule has 0 aliphatic carbocycles. The minimum absolute atomic E-state index is 0.332. The van der Waals surface area contributed by atoms with Crippen LogP contribution in [0.25, 0.3) is 21.3 Å². The van der Waals surface area contributed by atoms with Crippen LogP contribution >= 0.6 is 11.3 Å². The van der Waals surface area contributed by atoms with Crippen molar-refractivity contribution in [2.24, 2.45) is 0 Å². The van der Waals surface area contributed by atoms with Crippen LogP contribution in [0.1, 0.15) is 50.4 Å². The SMILES string of the molecule is CCCC(CCC)n1cc(Nc2ncc3sc(C)c(-c4ccc(F)cc4OC)c3n2)cn1. The molecule has 1 aromatic carbocycles. The average molecular weight is 454 g/mol. The zero-order valence-corrected chi connectivity index (χ0v) is 19.7. The van der Waals surface area contributed by atoms with E-state index in [-0.39, 0.29) is 5.82 Å². The molecule has 6 nitrogen and oxygen atoms in total. The van der Waals surface area contributed by atoms with Gasteiger partial charge in [0.05, 0.1) is 41.4 Å². The maximum Gasteiger partial charge on any atom is 0.227 e. The van der Waals surface area contributed by atoms with Crippen LogP contribution in [0, 0.1) is 12.7 Å². The van der Waals surface area contributed by atoms with Crippen LogP contribution in [0.5, 0.6) is 5.75 Å². The molecular formula is C24H28FN5OS. The van der Waals surface area contributed by atoms with Gasteiger partial charge < -0.3 is 10.1 Å². The number of ether oxygens (including phenoxy) is 1. The highest BCUT2D eigenvalue weighted by molar-refractivity contribution is 7.19. The molecular weight excluding hydrogens is 425 g/mol. The van der Waals surface area contributed by atoms with E-state index in [1.54, 1.807) is 24.5 Å². The highest BCUT2D eigenvalue weighted by atomic mass is 32.1. The first-order valence-corrected chi connectivity index (χ1v) is 11.8. The van der Waals surface area contributed by atoms with Crippen molar-refractivity contribution in [2.45, 2.75) is 52.5 Å². The Labute approximate surface area is 191 Å². The molecule has 1 N–H and O–H groups in total. The van der Waals surface area contributed by atoms with Crippen LogP contribution in [-0.4, -0.2) is 26.9 Å². The number of hydrogen-bond acceptors (Lipinski definition) is 6. The standard InChI is InChI=1S/C24H28FN5OS/c1-5-7-18(8-6-2)30-14-17(12-27-30)28-24-26-13-21-23(29-24)22(15(3)32-21)19-10-9-16(25)11-20(19)31-4/h9-14,18H,5-8H2,1-4H3,(H,26,28,29). The molecule has 3 aromatic heterocycles. The molecule has 168 valence electrons. The van der Waals surface area contributed by atoms with E-state index in [1.807, 2.05) is 30.2 Å². The van der Waals surface area contributed by atoms with Crippen LogP contribution in [0.15, 0.2) is 36.8 Å². The lowest BCUT2D eigenvalue weighted by molar-refractivity contribution is 0.391. The highest BCUT2D eigenvalue weighted by Crippen LogP contribution is 2.41. The number of rotatable bonds is 9. The minimum Gasteiger partial charge on any atom is -0.496 e. The minimum atomic E-state index is -0.332. The van der Waals surface area contributed by atoms with Gasteiger partial charge in [0.1, 0.15) is 11.6 Å². The number of nitrogens with one attached hydrogen (secondary N) is 1. The summed E-state index contributed by atoms with van der Waals surface area (Å²) in [5.74, 6) is 0.654. The van der Waals surface area contributed by atoms with Gasteiger partial charge in [0.2, 0.25) is 5.95 Å². The van der Waals surface area contributed by atoms with Crippen molar-refractivity contribution in [2.75, 3.05) is 12.4 Å². The predicted octanol–water partition coefficient (Wildman–Crippen LogP) is 6.90. The van der Waals surface area contributed by atoms with E-state index in [4.69, 9.17) is 9.72 Å². The second kappa shape index (κ2) is 9.65. The summed E-state index contributed by atoms with van der Waals surface area (Å²) in [6, 6.07) is 4.99. The Hall–Kier alpha value is -3.00. The molecule has 0 fully saturated rings. The normalized spacial score (nSPS) is 11.4. The lowest BCUT2D eigenvalue weighted by Gasteiger charge is -2.15. The molecule has 0 atom stereocenters. The van der Waals surface area contributed by atoms with Gasteiger partial charge in [0.25, 0.3) is 0 Å². The number of benzene rings is 1. The Morgan fingerprint density at radius 1 is 1.19 bits per heavy atom. The van der Waals surface area contributed by atoms with Gasteiger partial charge >= 0.3 is 0 Å². The fraction of sp³-hybridized carbons (Fsp3) is 0.375. The van der Waals surface area contributed by atoms with Crippen molar-refractivity contribution in [3.63, 3.8) is 0 Å². The Morgan fingerprint density at radius 2 is 1.97 bits per heavy atom. The molecule has 0 amide bonds. The summed E-state index contributed by atoms with van der Waals surface area (Å²) in [5, 5.41) is 7.85. The van der Waals surface area contributed by atoms with Crippen molar-refractivity contribution in [1.82, 2.24) is 19.7 Å². The molecule has 0 saturated carbocycles. The summed E-state index contributed by atoms with van der Waals surface area (Å²) >= 11 is 1.61. The molecule has 0 aliphatic heterocycles. The van der Waals surface area contributed by atoms with Crippen molar-refractivity contribution in [3.05, 3.63) is 47.5 Å². The van der Waals surface area contributed by atoms with Gasteiger partial charge in [-0.2, -0.15) is 5.10 Å². The van der Waals surface area contributed by atoms with Gasteiger partial charge in [0.15, 0.2) is 0 Å². The molecule has 0 saturated heterocycles. The first kappa shape index (κ1) is 22.2. The maximum atomic E-state index is 13.7. The fourth-order valence-corrected chi connectivity index (χ4v) is 5.05. The average Bonchev–Trinajstić information content (AvgIpc) is 3.37. The number of aromatic nitrogens is 4. The largest absolute Gasteiger partial charge is 0.496 e. The van der Waals surface area contributed by atoms with Crippen molar-refractivity contribution in [3.8, 4) is 16.9 Å². The number of thiophene rings is 1. The number of hydrogen-bond donors (Lipinski definition) is 1. The quantitative estimate of drug-likeness (QED) is 0.299. The Morgan fingerprint density at radius 3 is 2.69 bits per heavy atom. The van der Waals surface area contributed by atoms with Crippen molar-refractivity contribution in [1.29, 1.82) is 0 Å². The van der Waals surface area contributed by atoms with Crippen LogP contribution in [0.4, 0.5) is 16.0 Å². The number of nitrogens with zero attached hydrogens (tertiary/aromatic N) is 4. The van der Waals surface area contributed by atoms with Crippen LogP contribution in [0.3, 0.4) is 0 Å². The molecule has 3 heterocycles. The first-order chi connectivity index (χ1) is 15.5. The summed E-state index contributed by atoms with van der Waals surface area (Å²) in [6.07, 6.45) is 10.1. The molecule has 0 radical (unpaired) electrons. The highest BCUT2D eigenvalue weighted by Gasteiger charge is 2.18. The van der Waals surface area contributed by atoms with Gasteiger partial charge in [-0.05, 0) is 31.9 Å². The topological polar surface area (TPSA) is 64.9 Å². The second-order valence-electron chi connectivity index (χ2n) is 7.85. The Bertz CT molecular complexity index is 1210. The summed E-state index contributed by atoms with van der Waals surface area (Å²) in [4.78, 5) is 10.4. The van der Waals surface area contributed by atoms with Crippen LogP contribution < -0.4 is 10.1 Å². The molecule has 4 aromatic rings. The molecule has 0 bridgehead atoms. The molecule has 8 heteroatoms. The summed E-state index contributed by atoms with van der Waals surface area (Å²) < 4.78 is 22.2. The molecule has 4 rings (SSSR count). The third-order valence-electron chi connectivity index (χ3n) is 5.52. The molecule has 0 spiro atoms.